The number of nitrogens with zero attached hydrogens (tertiary/aromatic N) is 9. The van der Waals surface area contributed by atoms with Gasteiger partial charge < -0.3 is 29.7 Å². The Morgan fingerprint density at radius 1 is 0.963 bits per heavy atom. The van der Waals surface area contributed by atoms with Crippen molar-refractivity contribution in [2.24, 2.45) is 17.9 Å². The minimum Gasteiger partial charge on any atom is -0.494 e. The van der Waals surface area contributed by atoms with Gasteiger partial charge in [-0.05, 0) is 104 Å². The van der Waals surface area contributed by atoms with Crippen LogP contribution < -0.4 is 25.6 Å². The molecule has 2 aromatic carbocycles. The molecule has 13 nitrogen and oxygen atoms in total. The van der Waals surface area contributed by atoms with Gasteiger partial charge >= 0.3 is 0 Å². The molecule has 5 aromatic rings. The summed E-state index contributed by atoms with van der Waals surface area (Å²) in [6.45, 7) is 8.49. The van der Waals surface area contributed by atoms with Gasteiger partial charge in [-0.25, -0.2) is 4.98 Å². The molecule has 2 saturated heterocycles. The molecule has 5 heterocycles. The standard InChI is InChI=1S/C39H45BrN11O2P/c1-49-23-26(21-45-49)27-19-31(33(53-2)20-32(27)51-17-11-38(12-18-51)9-15-50(16-10-38)25-39(24-41)7-8-39)47-37-44-22-28(40)36(48-37)46-30-6-5-29-34(43-14-13-42-29)35(30)54(3,4)52/h5-6,13-14,19-23H,7-12,15-18,25H2,1-4H3,(H2,44,46,47,48). The van der Waals surface area contributed by atoms with Gasteiger partial charge in [0.05, 0.1) is 51.5 Å². The third-order valence-corrected chi connectivity index (χ3v) is 13.5. The van der Waals surface area contributed by atoms with Crippen LogP contribution in [0.1, 0.15) is 38.5 Å². The van der Waals surface area contributed by atoms with Crippen LogP contribution in [0.4, 0.5) is 28.8 Å². The molecule has 3 fully saturated rings. The Kier molecular flexibility index (Phi) is 9.61. The number of rotatable bonds is 10. The van der Waals surface area contributed by atoms with Gasteiger partial charge in [0.1, 0.15) is 24.2 Å². The Morgan fingerprint density at radius 2 is 1.70 bits per heavy atom. The molecule has 1 spiro atoms. The number of aromatic nitrogens is 6. The molecule has 1 saturated carbocycles. The van der Waals surface area contributed by atoms with Gasteiger partial charge in [0.15, 0.2) is 0 Å². The lowest BCUT2D eigenvalue weighted by atomic mass is 9.71. The lowest BCUT2D eigenvalue weighted by Gasteiger charge is -2.48. The van der Waals surface area contributed by atoms with Crippen LogP contribution >= 0.6 is 23.1 Å². The number of hydrogen-bond donors (Lipinski definition) is 2. The molecule has 15 heteroatoms. The van der Waals surface area contributed by atoms with Crippen molar-refractivity contribution in [3.8, 4) is 22.9 Å². The summed E-state index contributed by atoms with van der Waals surface area (Å²) in [5.41, 5.74) is 6.07. The number of piperidine rings is 2. The summed E-state index contributed by atoms with van der Waals surface area (Å²) in [4.78, 5) is 23.4. The summed E-state index contributed by atoms with van der Waals surface area (Å²) < 4.78 is 22.0. The summed E-state index contributed by atoms with van der Waals surface area (Å²) in [6.07, 6.45) is 15.6. The van der Waals surface area contributed by atoms with Gasteiger partial charge in [-0.1, -0.05) is 0 Å². The van der Waals surface area contributed by atoms with E-state index in [4.69, 9.17) is 9.72 Å². The normalized spacial score (nSPS) is 18.0. The average Bonchev–Trinajstić information content (AvgIpc) is 3.81. The first-order chi connectivity index (χ1) is 26.0. The van der Waals surface area contributed by atoms with E-state index >= 15 is 0 Å². The molecule has 2 N–H and O–H groups in total. The second-order valence-electron chi connectivity index (χ2n) is 15.5. The largest absolute Gasteiger partial charge is 0.494 e. The van der Waals surface area contributed by atoms with Gasteiger partial charge in [0.25, 0.3) is 0 Å². The van der Waals surface area contributed by atoms with Crippen LogP contribution in [0.3, 0.4) is 0 Å². The van der Waals surface area contributed by atoms with Crippen LogP contribution in [-0.4, -0.2) is 87.8 Å². The number of likely N-dealkylation sites (tertiary alicyclic amines) is 1. The van der Waals surface area contributed by atoms with E-state index in [0.29, 0.717) is 55.1 Å². The number of benzene rings is 2. The molecular weight excluding hydrogens is 765 g/mol. The molecule has 8 rings (SSSR count). The molecule has 3 aliphatic rings. The Balaban J connectivity index is 1.05. The lowest BCUT2D eigenvalue weighted by molar-refractivity contribution is 0.0728. The van der Waals surface area contributed by atoms with Crippen molar-refractivity contribution in [2.75, 3.05) is 68.7 Å². The number of anilines is 5. The summed E-state index contributed by atoms with van der Waals surface area (Å²) in [6, 6.07) is 10.5. The van der Waals surface area contributed by atoms with Crippen molar-refractivity contribution < 1.29 is 9.30 Å². The van der Waals surface area contributed by atoms with Crippen LogP contribution in [0.15, 0.2) is 59.7 Å². The monoisotopic (exact) mass is 809 g/mol. The number of methoxy groups -OCH3 is 1. The van der Waals surface area contributed by atoms with E-state index in [1.807, 2.05) is 36.3 Å². The number of hydrogen-bond acceptors (Lipinski definition) is 12. The maximum atomic E-state index is 13.5. The fraction of sp³-hybridized carbons (Fsp3) is 0.436. The molecule has 0 atom stereocenters. The van der Waals surface area contributed by atoms with Crippen LogP contribution in [0, 0.1) is 22.2 Å². The van der Waals surface area contributed by atoms with Crippen molar-refractivity contribution >= 4 is 68.2 Å². The smallest absolute Gasteiger partial charge is 0.229 e. The van der Waals surface area contributed by atoms with E-state index in [1.165, 1.54) is 12.8 Å². The quantitative estimate of drug-likeness (QED) is 0.136. The summed E-state index contributed by atoms with van der Waals surface area (Å²) in [7, 11) is 0.830. The van der Waals surface area contributed by atoms with E-state index in [1.54, 1.807) is 39.0 Å². The zero-order valence-electron chi connectivity index (χ0n) is 31.1. The highest BCUT2D eigenvalue weighted by atomic mass is 79.9. The van der Waals surface area contributed by atoms with Crippen molar-refractivity contribution in [3.63, 3.8) is 0 Å². The first-order valence-corrected chi connectivity index (χ1v) is 21.8. The van der Waals surface area contributed by atoms with Crippen LogP contribution in [0.2, 0.25) is 0 Å². The molecule has 0 radical (unpaired) electrons. The van der Waals surface area contributed by atoms with Crippen molar-refractivity contribution in [1.82, 2.24) is 34.6 Å². The molecule has 1 aliphatic carbocycles. The van der Waals surface area contributed by atoms with E-state index in [0.717, 1.165) is 75.2 Å². The van der Waals surface area contributed by atoms with Crippen LogP contribution in [0.25, 0.3) is 22.2 Å². The van der Waals surface area contributed by atoms with Gasteiger partial charge in [0.2, 0.25) is 5.95 Å². The molecule has 54 heavy (non-hydrogen) atoms. The molecule has 2 aliphatic heterocycles. The second kappa shape index (κ2) is 14.3. The highest BCUT2D eigenvalue weighted by molar-refractivity contribution is 9.10. The summed E-state index contributed by atoms with van der Waals surface area (Å²) >= 11 is 3.60. The summed E-state index contributed by atoms with van der Waals surface area (Å²) in [5.74, 6) is 1.53. The van der Waals surface area contributed by atoms with Crippen molar-refractivity contribution in [2.45, 2.75) is 38.5 Å². The molecule has 280 valence electrons. The van der Waals surface area contributed by atoms with Gasteiger partial charge in [-0.15, -0.1) is 0 Å². The fourth-order valence-corrected chi connectivity index (χ4v) is 9.79. The van der Waals surface area contributed by atoms with E-state index in [-0.39, 0.29) is 5.41 Å². The minimum absolute atomic E-state index is 0.0754. The first kappa shape index (κ1) is 36.4. The van der Waals surface area contributed by atoms with E-state index in [9.17, 15) is 9.83 Å². The Labute approximate surface area is 324 Å². The van der Waals surface area contributed by atoms with Gasteiger partial charge in [-0.2, -0.15) is 15.3 Å². The molecule has 0 unspecified atom stereocenters. The summed E-state index contributed by atoms with van der Waals surface area (Å²) in [5, 5.41) is 21.5. The van der Waals surface area contributed by atoms with Crippen molar-refractivity contribution in [1.29, 1.82) is 5.26 Å². The fourth-order valence-electron chi connectivity index (χ4n) is 8.11. The Bertz CT molecular complexity index is 2300. The number of halogens is 1. The Hall–Kier alpha value is -4.57. The SMILES string of the molecule is COc1cc(N2CCC3(CCN(CC4(C#N)CC4)CC3)CC2)c(-c2cnn(C)c2)cc1Nc1ncc(Br)c(Nc2ccc3nccnc3c2P(C)(C)=O)n1. The highest BCUT2D eigenvalue weighted by Gasteiger charge is 2.46. The zero-order chi connectivity index (χ0) is 37.7. The third-order valence-electron chi connectivity index (χ3n) is 11.4. The highest BCUT2D eigenvalue weighted by Crippen LogP contribution is 2.49. The molecule has 3 aromatic heterocycles. The minimum atomic E-state index is -2.78. The predicted molar refractivity (Wildman–Crippen MR) is 217 cm³/mol. The van der Waals surface area contributed by atoms with Gasteiger partial charge in [0, 0.05) is 74.3 Å². The van der Waals surface area contributed by atoms with E-state index < -0.39 is 7.14 Å². The topological polar surface area (TPSA) is 150 Å². The molecular formula is C39H45BrN11O2P. The molecule has 0 bridgehead atoms. The third kappa shape index (κ3) is 7.29. The predicted octanol–water partition coefficient (Wildman–Crippen LogP) is 7.31. The maximum Gasteiger partial charge on any atom is 0.229 e. The van der Waals surface area contributed by atoms with Crippen LogP contribution in [0.5, 0.6) is 5.75 Å². The number of aryl methyl sites for hydroxylation is 1. The average molecular weight is 811 g/mol. The molecule has 0 amide bonds. The number of nitrogens with one attached hydrogen (secondary N) is 2. The van der Waals surface area contributed by atoms with Crippen LogP contribution in [-0.2, 0) is 11.6 Å². The number of ether oxygens (including phenoxy) is 1. The Morgan fingerprint density at radius 3 is 2.37 bits per heavy atom. The zero-order valence-corrected chi connectivity index (χ0v) is 33.6. The van der Waals surface area contributed by atoms with Gasteiger partial charge in [-0.3, -0.25) is 14.6 Å². The number of fused-ring (bicyclic) bond motifs is 1. The maximum absolute atomic E-state index is 13.5. The first-order valence-electron chi connectivity index (χ1n) is 18.4. The second-order valence-corrected chi connectivity index (χ2v) is 19.5. The van der Waals surface area contributed by atoms with Crippen molar-refractivity contribution in [3.05, 3.63) is 59.7 Å². The van der Waals surface area contributed by atoms with E-state index in [2.05, 4.69) is 74.6 Å². The lowest BCUT2D eigenvalue weighted by Crippen LogP contribution is -2.48. The number of nitriles is 1.